The largest absolute Gasteiger partial charge is 0.481 e. The van der Waals surface area contributed by atoms with Crippen molar-refractivity contribution in [3.8, 4) is 5.88 Å². The lowest BCUT2D eigenvalue weighted by molar-refractivity contribution is 0.151. The van der Waals surface area contributed by atoms with Crippen LogP contribution in [0.3, 0.4) is 0 Å². The molecule has 0 saturated heterocycles. The molecule has 2 rings (SSSR count). The average molecular weight is 165 g/mol. The van der Waals surface area contributed by atoms with Crippen molar-refractivity contribution in [2.45, 2.75) is 18.4 Å². The number of ether oxygens (including phenoxy) is 1. The maximum atomic E-state index is 9.68. The highest BCUT2D eigenvalue weighted by atomic mass is 16.5. The summed E-state index contributed by atoms with van der Waals surface area (Å²) in [4.78, 5) is 4.02. The minimum Gasteiger partial charge on any atom is -0.481 e. The number of pyridine rings is 1. The molecule has 1 aromatic heterocycles. The fourth-order valence-electron chi connectivity index (χ4n) is 1.18. The van der Waals surface area contributed by atoms with Gasteiger partial charge in [0, 0.05) is 17.8 Å². The zero-order valence-electron chi connectivity index (χ0n) is 6.95. The Morgan fingerprint density at radius 2 is 2.25 bits per heavy atom. The highest BCUT2D eigenvalue weighted by molar-refractivity contribution is 5.27. The number of hydrogen-bond acceptors (Lipinski definition) is 3. The fraction of sp³-hybridized carbons (Fsp3) is 0.444. The van der Waals surface area contributed by atoms with Crippen LogP contribution in [0.4, 0.5) is 0 Å². The van der Waals surface area contributed by atoms with E-state index in [4.69, 9.17) is 4.74 Å². The number of rotatable bonds is 2. The van der Waals surface area contributed by atoms with Gasteiger partial charge >= 0.3 is 0 Å². The van der Waals surface area contributed by atoms with Crippen molar-refractivity contribution < 1.29 is 9.84 Å². The van der Waals surface area contributed by atoms with Crippen molar-refractivity contribution >= 4 is 0 Å². The van der Waals surface area contributed by atoms with Gasteiger partial charge in [-0.1, -0.05) is 0 Å². The Bertz CT molecular complexity index is 277. The molecule has 1 saturated carbocycles. The first-order valence-corrected chi connectivity index (χ1v) is 3.97. The average Bonchev–Trinajstić information content (AvgIpc) is 2.85. The summed E-state index contributed by atoms with van der Waals surface area (Å²) in [5.41, 5.74) is 0.308. The molecule has 0 spiro atoms. The normalized spacial score (nSPS) is 18.8. The molecule has 0 atom stereocenters. The number of hydrogen-bond donors (Lipinski definition) is 1. The first-order chi connectivity index (χ1) is 5.74. The number of methoxy groups -OCH3 is 1. The molecule has 0 unspecified atom stereocenters. The molecule has 3 heteroatoms. The molecule has 1 N–H and O–H groups in total. The zero-order chi connectivity index (χ0) is 8.60. The van der Waals surface area contributed by atoms with E-state index in [1.165, 1.54) is 0 Å². The Kier molecular flexibility index (Phi) is 1.54. The third-order valence-corrected chi connectivity index (χ3v) is 2.21. The maximum Gasteiger partial charge on any atom is 0.212 e. The van der Waals surface area contributed by atoms with Gasteiger partial charge in [-0.2, -0.15) is 0 Å². The lowest BCUT2D eigenvalue weighted by Gasteiger charge is -2.06. The van der Waals surface area contributed by atoms with Crippen molar-refractivity contribution in [1.82, 2.24) is 4.98 Å². The number of aliphatic hydroxyl groups is 1. The summed E-state index contributed by atoms with van der Waals surface area (Å²) in [5, 5.41) is 9.68. The standard InChI is InChI=1S/C9H11NO2/c1-12-8-3-2-7(6-10-8)9(11)4-5-9/h2-3,6,11H,4-5H2,1H3. The van der Waals surface area contributed by atoms with Gasteiger partial charge in [0.05, 0.1) is 12.7 Å². The van der Waals surface area contributed by atoms with Crippen molar-refractivity contribution in [3.05, 3.63) is 23.9 Å². The van der Waals surface area contributed by atoms with E-state index in [1.54, 1.807) is 19.4 Å². The molecule has 12 heavy (non-hydrogen) atoms. The number of nitrogens with zero attached hydrogens (tertiary/aromatic N) is 1. The molecule has 3 nitrogen and oxygen atoms in total. The van der Waals surface area contributed by atoms with Gasteiger partial charge in [0.2, 0.25) is 5.88 Å². The molecule has 1 aliphatic carbocycles. The lowest BCUT2D eigenvalue weighted by Crippen LogP contribution is -2.04. The highest BCUT2D eigenvalue weighted by Crippen LogP contribution is 2.44. The van der Waals surface area contributed by atoms with E-state index in [9.17, 15) is 5.11 Å². The third kappa shape index (κ3) is 1.16. The molecule has 64 valence electrons. The van der Waals surface area contributed by atoms with Crippen LogP contribution >= 0.6 is 0 Å². The van der Waals surface area contributed by atoms with Gasteiger partial charge in [-0.25, -0.2) is 4.98 Å². The monoisotopic (exact) mass is 165 g/mol. The molecule has 0 aromatic carbocycles. The maximum absolute atomic E-state index is 9.68. The molecule has 0 bridgehead atoms. The van der Waals surface area contributed by atoms with Crippen LogP contribution in [0.25, 0.3) is 0 Å². The van der Waals surface area contributed by atoms with Crippen LogP contribution in [0.1, 0.15) is 18.4 Å². The van der Waals surface area contributed by atoms with Crippen LogP contribution in [0.15, 0.2) is 18.3 Å². The zero-order valence-corrected chi connectivity index (χ0v) is 6.95. The molecule has 0 aliphatic heterocycles. The van der Waals surface area contributed by atoms with Crippen LogP contribution in [0.5, 0.6) is 5.88 Å². The second-order valence-electron chi connectivity index (χ2n) is 3.12. The molecule has 1 aromatic rings. The lowest BCUT2D eigenvalue weighted by atomic mass is 10.1. The SMILES string of the molecule is COc1ccc(C2(O)CC2)cn1. The van der Waals surface area contributed by atoms with E-state index in [-0.39, 0.29) is 0 Å². The predicted molar refractivity (Wildman–Crippen MR) is 43.9 cm³/mol. The van der Waals surface area contributed by atoms with Gasteiger partial charge in [-0.3, -0.25) is 0 Å². The highest BCUT2D eigenvalue weighted by Gasteiger charge is 2.42. The molecule has 1 fully saturated rings. The van der Waals surface area contributed by atoms with E-state index >= 15 is 0 Å². The molecule has 0 radical (unpaired) electrons. The van der Waals surface area contributed by atoms with Gasteiger partial charge in [0.15, 0.2) is 0 Å². The minimum absolute atomic E-state index is 0.584. The minimum atomic E-state index is -0.584. The topological polar surface area (TPSA) is 42.4 Å². The Morgan fingerprint density at radius 1 is 1.50 bits per heavy atom. The van der Waals surface area contributed by atoms with Crippen molar-refractivity contribution in [3.63, 3.8) is 0 Å². The predicted octanol–water partition coefficient (Wildman–Crippen LogP) is 1.07. The summed E-state index contributed by atoms with van der Waals surface area (Å²) in [7, 11) is 1.58. The van der Waals surface area contributed by atoms with Crippen LogP contribution in [0, 0.1) is 0 Å². The molecule has 1 aliphatic rings. The van der Waals surface area contributed by atoms with Crippen molar-refractivity contribution in [1.29, 1.82) is 0 Å². The summed E-state index contributed by atoms with van der Waals surface area (Å²) in [6.07, 6.45) is 3.37. The molecule has 1 heterocycles. The smallest absolute Gasteiger partial charge is 0.212 e. The van der Waals surface area contributed by atoms with Gasteiger partial charge in [-0.05, 0) is 18.9 Å². The molecule has 0 amide bonds. The number of aromatic nitrogens is 1. The van der Waals surface area contributed by atoms with Gasteiger partial charge in [-0.15, -0.1) is 0 Å². The van der Waals surface area contributed by atoms with E-state index in [1.807, 2.05) is 6.07 Å². The summed E-state index contributed by atoms with van der Waals surface area (Å²) in [6.45, 7) is 0. The van der Waals surface area contributed by atoms with E-state index < -0.39 is 5.60 Å². The Labute approximate surface area is 71.0 Å². The van der Waals surface area contributed by atoms with Crippen molar-refractivity contribution in [2.24, 2.45) is 0 Å². The van der Waals surface area contributed by atoms with E-state index in [0.29, 0.717) is 5.88 Å². The Morgan fingerprint density at radius 3 is 2.67 bits per heavy atom. The quantitative estimate of drug-likeness (QED) is 0.712. The second kappa shape index (κ2) is 2.45. The summed E-state index contributed by atoms with van der Waals surface area (Å²) in [6, 6.07) is 3.63. The Hall–Kier alpha value is -1.09. The fourth-order valence-corrected chi connectivity index (χ4v) is 1.18. The van der Waals surface area contributed by atoms with Gasteiger partial charge < -0.3 is 9.84 Å². The van der Waals surface area contributed by atoms with Crippen LogP contribution in [-0.4, -0.2) is 17.2 Å². The molecular formula is C9H11NO2. The van der Waals surface area contributed by atoms with Crippen LogP contribution in [0.2, 0.25) is 0 Å². The van der Waals surface area contributed by atoms with Gasteiger partial charge in [0.1, 0.15) is 0 Å². The van der Waals surface area contributed by atoms with E-state index in [2.05, 4.69) is 4.98 Å². The first-order valence-electron chi connectivity index (χ1n) is 3.97. The second-order valence-corrected chi connectivity index (χ2v) is 3.12. The summed E-state index contributed by atoms with van der Waals surface area (Å²) >= 11 is 0. The first kappa shape index (κ1) is 7.55. The summed E-state index contributed by atoms with van der Waals surface area (Å²) < 4.78 is 4.91. The van der Waals surface area contributed by atoms with Gasteiger partial charge in [0.25, 0.3) is 0 Å². The van der Waals surface area contributed by atoms with Crippen molar-refractivity contribution in [2.75, 3.05) is 7.11 Å². The molecular weight excluding hydrogens is 154 g/mol. The Balaban J connectivity index is 2.25. The van der Waals surface area contributed by atoms with Crippen LogP contribution in [-0.2, 0) is 5.60 Å². The van der Waals surface area contributed by atoms with E-state index in [0.717, 1.165) is 18.4 Å². The van der Waals surface area contributed by atoms with Crippen LogP contribution < -0.4 is 4.74 Å². The summed E-state index contributed by atoms with van der Waals surface area (Å²) in [5.74, 6) is 0.586. The third-order valence-electron chi connectivity index (χ3n) is 2.21.